The highest BCUT2D eigenvalue weighted by atomic mass is 16.3. The van der Waals surface area contributed by atoms with Crippen molar-refractivity contribution in [2.75, 3.05) is 6.54 Å². The summed E-state index contributed by atoms with van der Waals surface area (Å²) in [4.78, 5) is 14.5. The number of benzene rings is 1. The fourth-order valence-corrected chi connectivity index (χ4v) is 3.23. The quantitative estimate of drug-likeness (QED) is 0.801. The number of para-hydroxylation sites is 1. The van der Waals surface area contributed by atoms with E-state index < -0.39 is 6.10 Å². The summed E-state index contributed by atoms with van der Waals surface area (Å²) in [5.41, 5.74) is 2.71. The highest BCUT2D eigenvalue weighted by Crippen LogP contribution is 2.19. The Morgan fingerprint density at radius 1 is 1.29 bits per heavy atom. The third-order valence-corrected chi connectivity index (χ3v) is 4.58. The summed E-state index contributed by atoms with van der Waals surface area (Å²) in [6, 6.07) is 12.0. The molecule has 6 nitrogen and oxygen atoms in total. The van der Waals surface area contributed by atoms with Crippen molar-refractivity contribution in [3.05, 3.63) is 54.0 Å². The molecule has 0 aliphatic carbocycles. The minimum atomic E-state index is -0.585. The van der Waals surface area contributed by atoms with E-state index in [-0.39, 0.29) is 5.91 Å². The number of aliphatic hydroxyl groups excluding tert-OH is 1. The molecule has 1 aliphatic rings. The second-order valence-corrected chi connectivity index (χ2v) is 6.28. The first kappa shape index (κ1) is 15.0. The van der Waals surface area contributed by atoms with Gasteiger partial charge in [0.1, 0.15) is 6.54 Å². The number of carbonyl (C=O) groups excluding carboxylic acids is 1. The number of rotatable bonds is 3. The molecule has 0 radical (unpaired) electrons. The Bertz CT molecular complexity index is 893. The van der Waals surface area contributed by atoms with Gasteiger partial charge in [0, 0.05) is 18.3 Å². The van der Waals surface area contributed by atoms with Crippen LogP contribution < -0.4 is 0 Å². The lowest BCUT2D eigenvalue weighted by Gasteiger charge is -2.28. The Hall–Kier alpha value is -2.60. The molecule has 0 spiro atoms. The van der Waals surface area contributed by atoms with Gasteiger partial charge in [-0.05, 0) is 30.5 Å². The van der Waals surface area contributed by atoms with Crippen molar-refractivity contribution < 1.29 is 9.90 Å². The molecule has 24 heavy (non-hydrogen) atoms. The van der Waals surface area contributed by atoms with E-state index in [1.165, 1.54) is 0 Å². The van der Waals surface area contributed by atoms with Crippen LogP contribution in [0.2, 0.25) is 0 Å². The fourth-order valence-electron chi connectivity index (χ4n) is 3.23. The molecule has 0 bridgehead atoms. The van der Waals surface area contributed by atoms with Crippen LogP contribution >= 0.6 is 0 Å². The first-order valence-corrected chi connectivity index (χ1v) is 8.18. The molecule has 1 N–H and O–H groups in total. The average Bonchev–Trinajstić information content (AvgIpc) is 3.18. The molecule has 3 heterocycles. The van der Waals surface area contributed by atoms with Gasteiger partial charge in [-0.15, -0.1) is 0 Å². The zero-order valence-electron chi connectivity index (χ0n) is 13.6. The lowest BCUT2D eigenvalue weighted by molar-refractivity contribution is -0.133. The summed E-state index contributed by atoms with van der Waals surface area (Å²) >= 11 is 0. The van der Waals surface area contributed by atoms with Gasteiger partial charge in [-0.2, -0.15) is 5.10 Å². The largest absolute Gasteiger partial charge is 0.387 e. The van der Waals surface area contributed by atoms with Gasteiger partial charge in [-0.3, -0.25) is 9.48 Å². The summed E-state index contributed by atoms with van der Waals surface area (Å²) in [6.45, 7) is 3.89. The third-order valence-electron chi connectivity index (χ3n) is 4.58. The van der Waals surface area contributed by atoms with Crippen molar-refractivity contribution in [3.63, 3.8) is 0 Å². The van der Waals surface area contributed by atoms with Gasteiger partial charge >= 0.3 is 0 Å². The van der Waals surface area contributed by atoms with Crippen LogP contribution in [0.3, 0.4) is 0 Å². The molecule has 0 saturated heterocycles. The Balaban J connectivity index is 1.51. The molecule has 1 amide bonds. The smallest absolute Gasteiger partial charge is 0.242 e. The summed E-state index contributed by atoms with van der Waals surface area (Å²) < 4.78 is 3.88. The molecule has 1 unspecified atom stereocenters. The summed E-state index contributed by atoms with van der Waals surface area (Å²) in [7, 11) is 0. The third kappa shape index (κ3) is 2.59. The van der Waals surface area contributed by atoms with E-state index >= 15 is 0 Å². The van der Waals surface area contributed by atoms with E-state index in [4.69, 9.17) is 0 Å². The maximum Gasteiger partial charge on any atom is 0.242 e. The Morgan fingerprint density at radius 3 is 2.96 bits per heavy atom. The normalized spacial score (nSPS) is 15.5. The predicted molar refractivity (Wildman–Crippen MR) is 90.2 cm³/mol. The zero-order chi connectivity index (χ0) is 16.7. The molecule has 1 atom stereocenters. The molecule has 3 aromatic rings. The first-order valence-electron chi connectivity index (χ1n) is 8.18. The molecule has 0 fully saturated rings. The number of aliphatic hydroxyl groups is 1. The highest BCUT2D eigenvalue weighted by Gasteiger charge is 2.23. The maximum atomic E-state index is 12.7. The van der Waals surface area contributed by atoms with Gasteiger partial charge < -0.3 is 14.6 Å². The number of aromatic nitrogens is 3. The van der Waals surface area contributed by atoms with Crippen molar-refractivity contribution >= 4 is 16.8 Å². The molecule has 0 saturated carbocycles. The van der Waals surface area contributed by atoms with Crippen LogP contribution in [-0.4, -0.2) is 36.8 Å². The SMILES string of the molecule is CC(O)c1cc2n(n1)CCN(C(=O)Cn1ccc3ccccc31)C2. The molecule has 1 aliphatic heterocycles. The van der Waals surface area contributed by atoms with E-state index in [1.807, 2.05) is 56.7 Å². The Labute approximate surface area is 139 Å². The number of amides is 1. The van der Waals surface area contributed by atoms with Crippen LogP contribution in [0.15, 0.2) is 42.6 Å². The van der Waals surface area contributed by atoms with Crippen LogP contribution in [0, 0.1) is 0 Å². The van der Waals surface area contributed by atoms with E-state index in [2.05, 4.69) is 5.10 Å². The van der Waals surface area contributed by atoms with Gasteiger partial charge in [-0.1, -0.05) is 18.2 Å². The lowest BCUT2D eigenvalue weighted by atomic mass is 10.2. The Kier molecular flexibility index (Phi) is 3.61. The monoisotopic (exact) mass is 324 g/mol. The molecule has 1 aromatic carbocycles. The van der Waals surface area contributed by atoms with E-state index in [9.17, 15) is 9.90 Å². The average molecular weight is 324 g/mol. The predicted octanol–water partition coefficient (Wildman–Crippen LogP) is 1.93. The van der Waals surface area contributed by atoms with Crippen LogP contribution in [0.1, 0.15) is 24.4 Å². The number of nitrogens with zero attached hydrogens (tertiary/aromatic N) is 4. The summed E-state index contributed by atoms with van der Waals surface area (Å²) in [5.74, 6) is 0.0994. The fraction of sp³-hybridized carbons (Fsp3) is 0.333. The topological polar surface area (TPSA) is 63.3 Å². The number of fused-ring (bicyclic) bond motifs is 2. The van der Waals surface area contributed by atoms with Crippen molar-refractivity contribution in [2.24, 2.45) is 0 Å². The zero-order valence-corrected chi connectivity index (χ0v) is 13.6. The maximum absolute atomic E-state index is 12.7. The Morgan fingerprint density at radius 2 is 2.12 bits per heavy atom. The molecular weight excluding hydrogens is 304 g/mol. The molecule has 4 rings (SSSR count). The van der Waals surface area contributed by atoms with Gasteiger partial charge in [-0.25, -0.2) is 0 Å². The van der Waals surface area contributed by atoms with Crippen molar-refractivity contribution in [2.45, 2.75) is 32.7 Å². The minimum absolute atomic E-state index is 0.0994. The van der Waals surface area contributed by atoms with Crippen LogP contribution in [0.25, 0.3) is 10.9 Å². The number of carbonyl (C=O) groups is 1. The van der Waals surface area contributed by atoms with Gasteiger partial charge in [0.25, 0.3) is 0 Å². The van der Waals surface area contributed by atoms with Crippen LogP contribution in [0.4, 0.5) is 0 Å². The highest BCUT2D eigenvalue weighted by molar-refractivity contribution is 5.83. The van der Waals surface area contributed by atoms with Gasteiger partial charge in [0.05, 0.1) is 30.6 Å². The van der Waals surface area contributed by atoms with Crippen molar-refractivity contribution in [3.8, 4) is 0 Å². The second kappa shape index (κ2) is 5.79. The van der Waals surface area contributed by atoms with Gasteiger partial charge in [0.15, 0.2) is 0 Å². The van der Waals surface area contributed by atoms with Crippen molar-refractivity contribution in [1.29, 1.82) is 0 Å². The molecule has 124 valence electrons. The van der Waals surface area contributed by atoms with Gasteiger partial charge in [0.2, 0.25) is 5.91 Å². The van der Waals surface area contributed by atoms with Crippen molar-refractivity contribution in [1.82, 2.24) is 19.2 Å². The second-order valence-electron chi connectivity index (χ2n) is 6.28. The van der Waals surface area contributed by atoms with Crippen LogP contribution in [-0.2, 0) is 24.4 Å². The summed E-state index contributed by atoms with van der Waals surface area (Å²) in [5, 5.41) is 15.2. The number of hydrogen-bond acceptors (Lipinski definition) is 3. The molecule has 2 aromatic heterocycles. The molecular formula is C18H20N4O2. The van der Waals surface area contributed by atoms with E-state index in [0.29, 0.717) is 31.9 Å². The number of hydrogen-bond donors (Lipinski definition) is 1. The summed E-state index contributed by atoms with van der Waals surface area (Å²) in [6.07, 6.45) is 1.38. The standard InChI is InChI=1S/C18H20N4O2/c1-13(23)16-10-15-11-21(8-9-22(15)19-16)18(24)12-20-7-6-14-4-2-3-5-17(14)20/h2-7,10,13,23H,8-9,11-12H2,1H3. The van der Waals surface area contributed by atoms with E-state index in [0.717, 1.165) is 16.6 Å². The molecule has 6 heteroatoms. The lowest BCUT2D eigenvalue weighted by Crippen LogP contribution is -2.40. The first-order chi connectivity index (χ1) is 11.6. The minimum Gasteiger partial charge on any atom is -0.387 e. The van der Waals surface area contributed by atoms with Crippen LogP contribution in [0.5, 0.6) is 0 Å². The van der Waals surface area contributed by atoms with E-state index in [1.54, 1.807) is 6.92 Å².